The standard InChI is InChI=1S/C10H11BrFNO2.ClH/c11-7-4-10-9(14-5-15-10)3-6(7)8(13)1-2-12;/h3-4,8H,1-2,5,13H2;1H/t8-;/m0./s1. The van der Waals surface area contributed by atoms with E-state index in [1.54, 1.807) is 12.1 Å². The topological polar surface area (TPSA) is 44.5 Å². The van der Waals surface area contributed by atoms with E-state index in [1.807, 2.05) is 0 Å². The molecule has 0 radical (unpaired) electrons. The van der Waals surface area contributed by atoms with E-state index in [1.165, 1.54) is 0 Å². The molecule has 1 atom stereocenters. The first kappa shape index (κ1) is 13.5. The maximum Gasteiger partial charge on any atom is 0.231 e. The smallest absolute Gasteiger partial charge is 0.231 e. The fourth-order valence-electron chi connectivity index (χ4n) is 1.49. The van der Waals surface area contributed by atoms with Gasteiger partial charge < -0.3 is 15.2 Å². The fraction of sp³-hybridized carbons (Fsp3) is 0.400. The zero-order valence-electron chi connectivity index (χ0n) is 8.41. The molecule has 1 aliphatic rings. The molecule has 0 spiro atoms. The lowest BCUT2D eigenvalue weighted by molar-refractivity contribution is 0.174. The van der Waals surface area contributed by atoms with Crippen LogP contribution in [0.15, 0.2) is 16.6 Å². The van der Waals surface area contributed by atoms with Crippen molar-refractivity contribution in [2.24, 2.45) is 5.73 Å². The van der Waals surface area contributed by atoms with Gasteiger partial charge in [-0.15, -0.1) is 12.4 Å². The summed E-state index contributed by atoms with van der Waals surface area (Å²) in [5.41, 5.74) is 6.68. The molecule has 2 rings (SSSR count). The summed E-state index contributed by atoms with van der Waals surface area (Å²) in [4.78, 5) is 0. The van der Waals surface area contributed by atoms with Gasteiger partial charge in [-0.2, -0.15) is 0 Å². The van der Waals surface area contributed by atoms with Gasteiger partial charge in [0, 0.05) is 10.5 Å². The molecule has 0 aromatic heterocycles. The van der Waals surface area contributed by atoms with E-state index in [4.69, 9.17) is 15.2 Å². The Labute approximate surface area is 108 Å². The highest BCUT2D eigenvalue weighted by Crippen LogP contribution is 2.39. The monoisotopic (exact) mass is 311 g/mol. The minimum absolute atomic E-state index is 0. The van der Waals surface area contributed by atoms with Gasteiger partial charge in [0.25, 0.3) is 0 Å². The number of nitrogens with two attached hydrogens (primary N) is 1. The van der Waals surface area contributed by atoms with Crippen molar-refractivity contribution in [1.29, 1.82) is 0 Å². The van der Waals surface area contributed by atoms with E-state index in [0.29, 0.717) is 17.9 Å². The molecule has 0 amide bonds. The second kappa shape index (κ2) is 5.70. The van der Waals surface area contributed by atoms with Crippen LogP contribution in [0.1, 0.15) is 18.0 Å². The number of ether oxygens (including phenoxy) is 2. The Morgan fingerprint density at radius 2 is 2.00 bits per heavy atom. The first-order chi connectivity index (χ1) is 7.22. The van der Waals surface area contributed by atoms with Crippen molar-refractivity contribution in [3.05, 3.63) is 22.2 Å². The Morgan fingerprint density at radius 1 is 1.38 bits per heavy atom. The summed E-state index contributed by atoms with van der Waals surface area (Å²) in [7, 11) is 0. The zero-order chi connectivity index (χ0) is 10.8. The summed E-state index contributed by atoms with van der Waals surface area (Å²) in [5.74, 6) is 1.36. The number of hydrogen-bond donors (Lipinski definition) is 1. The van der Waals surface area contributed by atoms with Gasteiger partial charge in [-0.05, 0) is 24.1 Å². The highest BCUT2D eigenvalue weighted by atomic mass is 79.9. The van der Waals surface area contributed by atoms with Gasteiger partial charge in [0.1, 0.15) is 0 Å². The maximum absolute atomic E-state index is 12.2. The van der Waals surface area contributed by atoms with Gasteiger partial charge >= 0.3 is 0 Å². The van der Waals surface area contributed by atoms with Gasteiger partial charge in [0.2, 0.25) is 6.79 Å². The van der Waals surface area contributed by atoms with Crippen molar-refractivity contribution in [2.45, 2.75) is 12.5 Å². The second-order valence-corrected chi connectivity index (χ2v) is 4.17. The van der Waals surface area contributed by atoms with Crippen LogP contribution in [0.2, 0.25) is 0 Å². The van der Waals surface area contributed by atoms with Crippen molar-refractivity contribution in [3.63, 3.8) is 0 Å². The number of alkyl halides is 1. The SMILES string of the molecule is Cl.N[C@@H](CCF)c1cc2c(cc1Br)OCO2. The molecule has 0 fully saturated rings. The summed E-state index contributed by atoms with van der Waals surface area (Å²) in [6.45, 7) is -0.203. The molecule has 3 nitrogen and oxygen atoms in total. The average Bonchev–Trinajstić information content (AvgIpc) is 2.63. The first-order valence-corrected chi connectivity index (χ1v) is 5.42. The predicted molar refractivity (Wildman–Crippen MR) is 65.0 cm³/mol. The molecule has 1 heterocycles. The number of benzene rings is 1. The van der Waals surface area contributed by atoms with Crippen molar-refractivity contribution >= 4 is 28.3 Å². The molecule has 16 heavy (non-hydrogen) atoms. The predicted octanol–water partition coefficient (Wildman–Crippen LogP) is 2.96. The third-order valence-electron chi connectivity index (χ3n) is 2.31. The molecule has 6 heteroatoms. The Balaban J connectivity index is 0.00000128. The minimum atomic E-state index is -0.429. The molecular weight excluding hydrogens is 300 g/mol. The van der Waals surface area contributed by atoms with Crippen molar-refractivity contribution < 1.29 is 13.9 Å². The molecule has 1 aromatic carbocycles. The van der Waals surface area contributed by atoms with Crippen LogP contribution in [-0.2, 0) is 0 Å². The first-order valence-electron chi connectivity index (χ1n) is 4.63. The average molecular weight is 313 g/mol. The summed E-state index contributed by atoms with van der Waals surface area (Å²) in [6.07, 6.45) is 0.304. The highest BCUT2D eigenvalue weighted by molar-refractivity contribution is 9.10. The van der Waals surface area contributed by atoms with E-state index in [0.717, 1.165) is 10.0 Å². The lowest BCUT2D eigenvalue weighted by Crippen LogP contribution is -2.11. The number of halogens is 3. The highest BCUT2D eigenvalue weighted by Gasteiger charge is 2.19. The Kier molecular flexibility index (Phi) is 4.83. The van der Waals surface area contributed by atoms with Crippen LogP contribution < -0.4 is 15.2 Å². The van der Waals surface area contributed by atoms with E-state index < -0.39 is 6.67 Å². The molecule has 90 valence electrons. The van der Waals surface area contributed by atoms with Crippen molar-refractivity contribution in [2.75, 3.05) is 13.5 Å². The molecule has 0 aliphatic carbocycles. The van der Waals surface area contributed by atoms with E-state index >= 15 is 0 Å². The lowest BCUT2D eigenvalue weighted by Gasteiger charge is -2.12. The molecule has 0 saturated carbocycles. The molecule has 1 aromatic rings. The van der Waals surface area contributed by atoms with Crippen molar-refractivity contribution in [1.82, 2.24) is 0 Å². The van der Waals surface area contributed by atoms with Gasteiger partial charge in [-0.1, -0.05) is 15.9 Å². The molecule has 1 aliphatic heterocycles. The maximum atomic E-state index is 12.2. The summed E-state index contributed by atoms with van der Waals surface area (Å²) in [5, 5.41) is 0. The summed E-state index contributed by atoms with van der Waals surface area (Å²) >= 11 is 3.38. The number of rotatable bonds is 3. The molecule has 2 N–H and O–H groups in total. The molecule has 0 saturated heterocycles. The van der Waals surface area contributed by atoms with Crippen LogP contribution in [0.3, 0.4) is 0 Å². The van der Waals surface area contributed by atoms with Crippen LogP contribution in [0.5, 0.6) is 11.5 Å². The van der Waals surface area contributed by atoms with Crippen LogP contribution in [0, 0.1) is 0 Å². The van der Waals surface area contributed by atoms with E-state index in [-0.39, 0.29) is 25.2 Å². The van der Waals surface area contributed by atoms with Gasteiger partial charge in [-0.25, -0.2) is 0 Å². The zero-order valence-corrected chi connectivity index (χ0v) is 10.8. The molecule has 0 bridgehead atoms. The van der Waals surface area contributed by atoms with Gasteiger partial charge in [0.05, 0.1) is 6.67 Å². The normalized spacial score (nSPS) is 14.4. The molecular formula is C10H12BrClFNO2. The third kappa shape index (κ3) is 2.59. The minimum Gasteiger partial charge on any atom is -0.454 e. The summed E-state index contributed by atoms with van der Waals surface area (Å²) in [6, 6.07) is 3.28. The Morgan fingerprint density at radius 3 is 2.62 bits per heavy atom. The largest absolute Gasteiger partial charge is 0.454 e. The Bertz CT molecular complexity index is 378. The van der Waals surface area contributed by atoms with Crippen LogP contribution >= 0.6 is 28.3 Å². The summed E-state index contributed by atoms with van der Waals surface area (Å²) < 4.78 is 23.4. The van der Waals surface area contributed by atoms with Crippen molar-refractivity contribution in [3.8, 4) is 11.5 Å². The van der Waals surface area contributed by atoms with Gasteiger partial charge in [0.15, 0.2) is 11.5 Å². The lowest BCUT2D eigenvalue weighted by atomic mass is 10.0. The number of hydrogen-bond acceptors (Lipinski definition) is 3. The second-order valence-electron chi connectivity index (χ2n) is 3.31. The third-order valence-corrected chi connectivity index (χ3v) is 3.00. The van der Waals surface area contributed by atoms with Crippen LogP contribution in [0.4, 0.5) is 4.39 Å². The Hall–Kier alpha value is -0.520. The van der Waals surface area contributed by atoms with Gasteiger partial charge in [-0.3, -0.25) is 4.39 Å². The fourth-order valence-corrected chi connectivity index (χ4v) is 2.11. The number of fused-ring (bicyclic) bond motifs is 1. The molecule has 0 unspecified atom stereocenters. The van der Waals surface area contributed by atoms with Crippen LogP contribution in [-0.4, -0.2) is 13.5 Å². The quantitative estimate of drug-likeness (QED) is 0.933. The van der Waals surface area contributed by atoms with E-state index in [2.05, 4.69) is 15.9 Å². The van der Waals surface area contributed by atoms with Crippen LogP contribution in [0.25, 0.3) is 0 Å². The van der Waals surface area contributed by atoms with E-state index in [9.17, 15) is 4.39 Å².